The van der Waals surface area contributed by atoms with Crippen molar-refractivity contribution in [2.75, 3.05) is 0 Å². The van der Waals surface area contributed by atoms with E-state index in [1.165, 1.54) is 0 Å². The van der Waals surface area contributed by atoms with Crippen LogP contribution in [0.25, 0.3) is 0 Å². The number of allylic oxidation sites excluding steroid dienone is 6. The molecule has 0 aliphatic rings. The van der Waals surface area contributed by atoms with Gasteiger partial charge in [-0.2, -0.15) is 0 Å². The second-order valence-corrected chi connectivity index (χ2v) is 3.65. The van der Waals surface area contributed by atoms with E-state index in [2.05, 4.69) is 23.7 Å². The van der Waals surface area contributed by atoms with Crippen molar-refractivity contribution >= 4 is 5.78 Å². The van der Waals surface area contributed by atoms with Crippen molar-refractivity contribution in [1.82, 2.24) is 0 Å². The lowest BCUT2D eigenvalue weighted by Crippen LogP contribution is -1.94. The zero-order valence-corrected chi connectivity index (χ0v) is 11.2. The molecule has 94 valence electrons. The van der Waals surface area contributed by atoms with Crippen molar-refractivity contribution in [3.05, 3.63) is 36.5 Å². The van der Waals surface area contributed by atoms with Gasteiger partial charge in [0.15, 0.2) is 0 Å². The summed E-state index contributed by atoms with van der Waals surface area (Å²) in [6.45, 7) is 3.94. The molecule has 0 N–H and O–H groups in total. The van der Waals surface area contributed by atoms with Crippen LogP contribution in [-0.2, 0) is 4.79 Å². The molecular weight excluding hydrogens is 220 g/mol. The van der Waals surface area contributed by atoms with Gasteiger partial charge in [0.05, 0.1) is 0 Å². The Labute approximate surface area is 111 Å². The molecule has 0 radical (unpaired) electrons. The molecule has 0 unspecified atom stereocenters. The zero-order chi connectivity index (χ0) is 13.5. The van der Waals surface area contributed by atoms with E-state index in [-0.39, 0.29) is 0 Å². The molecule has 0 aliphatic heterocycles. The van der Waals surface area contributed by atoms with Crippen LogP contribution in [0.2, 0.25) is 0 Å². The van der Waals surface area contributed by atoms with Crippen molar-refractivity contribution < 1.29 is 4.79 Å². The fourth-order valence-corrected chi connectivity index (χ4v) is 1.17. The molecule has 0 saturated carbocycles. The van der Waals surface area contributed by atoms with Gasteiger partial charge in [0, 0.05) is 12.8 Å². The van der Waals surface area contributed by atoms with E-state index >= 15 is 0 Å². The Morgan fingerprint density at radius 2 is 1.78 bits per heavy atom. The van der Waals surface area contributed by atoms with Gasteiger partial charge >= 0.3 is 0 Å². The van der Waals surface area contributed by atoms with Crippen molar-refractivity contribution in [2.24, 2.45) is 0 Å². The lowest BCUT2D eigenvalue weighted by molar-refractivity contribution is -0.119. The average Bonchev–Trinajstić information content (AvgIpc) is 2.36. The molecule has 0 heterocycles. The van der Waals surface area contributed by atoms with Gasteiger partial charge in [-0.15, -0.1) is 0 Å². The minimum atomic E-state index is 0.338. The summed E-state index contributed by atoms with van der Waals surface area (Å²) in [4.78, 5) is 11.2. The molecule has 0 fully saturated rings. The fourth-order valence-electron chi connectivity index (χ4n) is 1.17. The van der Waals surface area contributed by atoms with Crippen LogP contribution in [0.4, 0.5) is 0 Å². The maximum absolute atomic E-state index is 11.2. The molecule has 0 aromatic carbocycles. The number of rotatable bonds is 6. The molecule has 0 amide bonds. The standard InChI is InChI=1S/C17H20O/c1-3-5-6-7-8-9-10-11-12-13-14-16-17(18)15-4-2/h3,5,10-13H,4,14-16H2,1-2H3/b5-3-,11-10+,13-12+. The summed E-state index contributed by atoms with van der Waals surface area (Å²) in [7, 11) is 0. The second kappa shape index (κ2) is 13.1. The summed E-state index contributed by atoms with van der Waals surface area (Å²) in [6.07, 6.45) is 14.2. The van der Waals surface area contributed by atoms with Gasteiger partial charge in [-0.3, -0.25) is 4.79 Å². The van der Waals surface area contributed by atoms with E-state index < -0.39 is 0 Å². The minimum Gasteiger partial charge on any atom is -0.300 e. The summed E-state index contributed by atoms with van der Waals surface area (Å²) in [5, 5.41) is 0. The van der Waals surface area contributed by atoms with E-state index in [9.17, 15) is 4.79 Å². The van der Waals surface area contributed by atoms with Crippen molar-refractivity contribution in [2.45, 2.75) is 39.5 Å². The predicted octanol–water partition coefficient (Wildman–Crippen LogP) is 3.83. The van der Waals surface area contributed by atoms with E-state index in [4.69, 9.17) is 0 Å². The highest BCUT2D eigenvalue weighted by atomic mass is 16.1. The van der Waals surface area contributed by atoms with Gasteiger partial charge in [-0.05, 0) is 43.8 Å². The van der Waals surface area contributed by atoms with E-state index in [1.54, 1.807) is 12.2 Å². The van der Waals surface area contributed by atoms with Gasteiger partial charge in [0.1, 0.15) is 5.78 Å². The van der Waals surface area contributed by atoms with Crippen molar-refractivity contribution in [3.8, 4) is 23.7 Å². The first-order chi connectivity index (χ1) is 8.81. The fraction of sp³-hybridized carbons (Fsp3) is 0.353. The smallest absolute Gasteiger partial charge is 0.133 e. The van der Waals surface area contributed by atoms with Crippen LogP contribution in [0.5, 0.6) is 0 Å². The number of carbonyl (C=O) groups excluding carboxylic acids is 1. The molecule has 1 heteroatoms. The summed E-state index contributed by atoms with van der Waals surface area (Å²) < 4.78 is 0. The minimum absolute atomic E-state index is 0.338. The number of carbonyl (C=O) groups is 1. The summed E-state index contributed by atoms with van der Waals surface area (Å²) in [5.41, 5.74) is 0. The molecule has 0 aliphatic carbocycles. The third-order valence-electron chi connectivity index (χ3n) is 2.00. The quantitative estimate of drug-likeness (QED) is 0.509. The molecule has 0 aromatic heterocycles. The molecule has 0 atom stereocenters. The van der Waals surface area contributed by atoms with Crippen LogP contribution in [-0.4, -0.2) is 5.78 Å². The number of ketones is 1. The van der Waals surface area contributed by atoms with E-state index in [1.807, 2.05) is 38.2 Å². The van der Waals surface area contributed by atoms with Crippen LogP contribution in [0, 0.1) is 23.7 Å². The Morgan fingerprint density at radius 1 is 1.06 bits per heavy atom. The largest absolute Gasteiger partial charge is 0.300 e. The van der Waals surface area contributed by atoms with Gasteiger partial charge in [-0.25, -0.2) is 0 Å². The monoisotopic (exact) mass is 240 g/mol. The Kier molecular flexibility index (Phi) is 11.6. The van der Waals surface area contributed by atoms with Gasteiger partial charge in [0.25, 0.3) is 0 Å². The Morgan fingerprint density at radius 3 is 2.44 bits per heavy atom. The summed E-state index contributed by atoms with van der Waals surface area (Å²) >= 11 is 0. The number of hydrogen-bond acceptors (Lipinski definition) is 1. The summed E-state index contributed by atoms with van der Waals surface area (Å²) in [5.74, 6) is 11.3. The predicted molar refractivity (Wildman–Crippen MR) is 77.8 cm³/mol. The SMILES string of the molecule is C/C=C\C#CC#C/C=C/C=C/CCC(=O)CCC. The maximum Gasteiger partial charge on any atom is 0.133 e. The normalized spacial score (nSPS) is 10.3. The van der Waals surface area contributed by atoms with E-state index in [0.29, 0.717) is 18.6 Å². The molecule has 0 rings (SSSR count). The van der Waals surface area contributed by atoms with Crippen LogP contribution in [0.3, 0.4) is 0 Å². The molecule has 0 spiro atoms. The lowest BCUT2D eigenvalue weighted by atomic mass is 10.1. The molecule has 0 aromatic rings. The molecular formula is C17H20O. The molecule has 1 nitrogen and oxygen atoms in total. The molecule has 0 bridgehead atoms. The first kappa shape index (κ1) is 16.0. The molecule has 18 heavy (non-hydrogen) atoms. The van der Waals surface area contributed by atoms with Crippen LogP contribution in [0.1, 0.15) is 39.5 Å². The van der Waals surface area contributed by atoms with Gasteiger partial charge < -0.3 is 0 Å². The second-order valence-electron chi connectivity index (χ2n) is 3.65. The van der Waals surface area contributed by atoms with Crippen LogP contribution in [0.15, 0.2) is 36.5 Å². The third kappa shape index (κ3) is 12.1. The van der Waals surface area contributed by atoms with Gasteiger partial charge in [0.2, 0.25) is 0 Å². The Balaban J connectivity index is 3.76. The topological polar surface area (TPSA) is 17.1 Å². The highest BCUT2D eigenvalue weighted by Gasteiger charge is 1.96. The van der Waals surface area contributed by atoms with Gasteiger partial charge in [-0.1, -0.05) is 43.1 Å². The average molecular weight is 240 g/mol. The Bertz CT molecular complexity index is 428. The number of hydrogen-bond donors (Lipinski definition) is 0. The highest BCUT2D eigenvalue weighted by molar-refractivity contribution is 5.78. The number of Topliss-reactive ketones (excluding diaryl/α,β-unsaturated/α-hetero) is 1. The maximum atomic E-state index is 11.2. The van der Waals surface area contributed by atoms with Crippen LogP contribution >= 0.6 is 0 Å². The Hall–Kier alpha value is -1.99. The lowest BCUT2D eigenvalue weighted by Gasteiger charge is -1.93. The first-order valence-corrected chi connectivity index (χ1v) is 6.26. The molecule has 0 saturated heterocycles. The third-order valence-corrected chi connectivity index (χ3v) is 2.00. The summed E-state index contributed by atoms with van der Waals surface area (Å²) in [6, 6.07) is 0. The van der Waals surface area contributed by atoms with Crippen LogP contribution < -0.4 is 0 Å². The van der Waals surface area contributed by atoms with E-state index in [0.717, 1.165) is 12.8 Å². The zero-order valence-electron chi connectivity index (χ0n) is 11.2. The van der Waals surface area contributed by atoms with Crippen molar-refractivity contribution in [1.29, 1.82) is 0 Å². The first-order valence-electron chi connectivity index (χ1n) is 6.26. The highest BCUT2D eigenvalue weighted by Crippen LogP contribution is 1.98. The van der Waals surface area contributed by atoms with Crippen molar-refractivity contribution in [3.63, 3.8) is 0 Å².